The summed E-state index contributed by atoms with van der Waals surface area (Å²) in [5.41, 5.74) is 1.40. The van der Waals surface area contributed by atoms with Crippen molar-refractivity contribution in [3.63, 3.8) is 0 Å². The van der Waals surface area contributed by atoms with E-state index in [2.05, 4.69) is 15.5 Å². The third-order valence-corrected chi connectivity index (χ3v) is 6.29. The van der Waals surface area contributed by atoms with E-state index < -0.39 is 15.6 Å². The summed E-state index contributed by atoms with van der Waals surface area (Å²) < 4.78 is 32.0. The van der Waals surface area contributed by atoms with Crippen LogP contribution in [0.4, 0.5) is 5.69 Å². The summed E-state index contributed by atoms with van der Waals surface area (Å²) in [6.45, 7) is 1.89. The van der Waals surface area contributed by atoms with Gasteiger partial charge in [0.05, 0.1) is 30.9 Å². The molecule has 1 aromatic carbocycles. The molecule has 140 valence electrons. The number of H-pyrrole nitrogens is 1. The molecule has 1 aliphatic rings. The number of anilines is 1. The van der Waals surface area contributed by atoms with E-state index in [1.807, 2.05) is 12.1 Å². The number of rotatable bonds is 6. The average molecular weight is 399 g/mol. The van der Waals surface area contributed by atoms with E-state index in [9.17, 15) is 13.2 Å². The van der Waals surface area contributed by atoms with Crippen LogP contribution in [0.5, 0.6) is 0 Å². The minimum atomic E-state index is -3.42. The molecule has 0 atom stereocenters. The molecule has 0 bridgehead atoms. The number of aromatic nitrogens is 2. The molecule has 2 N–H and O–H groups in total. The van der Waals surface area contributed by atoms with Gasteiger partial charge in [-0.15, -0.1) is 0 Å². The summed E-state index contributed by atoms with van der Waals surface area (Å²) in [4.78, 5) is 11.5. The third kappa shape index (κ3) is 4.42. The smallest absolute Gasteiger partial charge is 0.285 e. The summed E-state index contributed by atoms with van der Waals surface area (Å²) in [7, 11) is -3.42. The van der Waals surface area contributed by atoms with Gasteiger partial charge in [0.2, 0.25) is 10.0 Å². The lowest BCUT2D eigenvalue weighted by Gasteiger charge is -2.26. The normalized spacial score (nSPS) is 15.7. The highest BCUT2D eigenvalue weighted by Gasteiger charge is 2.25. The van der Waals surface area contributed by atoms with Gasteiger partial charge in [0.1, 0.15) is 5.02 Å². The molecule has 2 aromatic rings. The Hall–Kier alpha value is -1.94. The van der Waals surface area contributed by atoms with Crippen LogP contribution in [0.2, 0.25) is 5.02 Å². The number of hydrogen-bond donors (Lipinski definition) is 2. The van der Waals surface area contributed by atoms with Crippen LogP contribution in [0.25, 0.3) is 0 Å². The Bertz CT molecular complexity index is 926. The summed E-state index contributed by atoms with van der Waals surface area (Å²) in [5.74, 6) is -0.0911. The molecule has 0 amide bonds. The van der Waals surface area contributed by atoms with E-state index in [4.69, 9.17) is 16.3 Å². The summed E-state index contributed by atoms with van der Waals surface area (Å²) >= 11 is 5.95. The number of aromatic amines is 1. The maximum absolute atomic E-state index is 12.7. The van der Waals surface area contributed by atoms with Crippen molar-refractivity contribution in [3.05, 3.63) is 57.0 Å². The Kier molecular flexibility index (Phi) is 5.92. The van der Waals surface area contributed by atoms with E-state index in [1.54, 1.807) is 12.1 Å². The Morgan fingerprint density at radius 1 is 1.23 bits per heavy atom. The summed E-state index contributed by atoms with van der Waals surface area (Å²) in [5, 5.41) is 8.99. The molecule has 0 aliphatic carbocycles. The van der Waals surface area contributed by atoms with E-state index in [0.717, 1.165) is 5.56 Å². The summed E-state index contributed by atoms with van der Waals surface area (Å²) in [6, 6.07) is 7.26. The molecule has 8 nitrogen and oxygen atoms in total. The Morgan fingerprint density at radius 3 is 2.65 bits per heavy atom. The van der Waals surface area contributed by atoms with Crippen LogP contribution < -0.4 is 10.9 Å². The van der Waals surface area contributed by atoms with Gasteiger partial charge in [-0.3, -0.25) is 4.79 Å². The summed E-state index contributed by atoms with van der Waals surface area (Å²) in [6.07, 6.45) is 1.41. The Labute approximate surface area is 156 Å². The minimum absolute atomic E-state index is 0.0124. The first kappa shape index (κ1) is 18.8. The topological polar surface area (TPSA) is 104 Å². The zero-order chi connectivity index (χ0) is 18.6. The fourth-order valence-corrected chi connectivity index (χ4v) is 4.40. The maximum atomic E-state index is 12.7. The number of halogens is 1. The van der Waals surface area contributed by atoms with Gasteiger partial charge >= 0.3 is 0 Å². The first-order valence-electron chi connectivity index (χ1n) is 8.07. The molecule has 1 saturated heterocycles. The van der Waals surface area contributed by atoms with Gasteiger partial charge in [-0.1, -0.05) is 35.9 Å². The molecule has 3 rings (SSSR count). The van der Waals surface area contributed by atoms with Crippen molar-refractivity contribution >= 4 is 27.3 Å². The molecule has 2 heterocycles. The van der Waals surface area contributed by atoms with Crippen molar-refractivity contribution in [2.45, 2.75) is 12.3 Å². The lowest BCUT2D eigenvalue weighted by atomic mass is 10.1. The van der Waals surface area contributed by atoms with E-state index in [-0.39, 0.29) is 10.8 Å². The number of benzene rings is 1. The van der Waals surface area contributed by atoms with Gasteiger partial charge < -0.3 is 10.1 Å². The van der Waals surface area contributed by atoms with Crippen LogP contribution in [0, 0.1) is 0 Å². The second-order valence-electron chi connectivity index (χ2n) is 5.82. The Balaban J connectivity index is 1.75. The van der Waals surface area contributed by atoms with Crippen molar-refractivity contribution in [2.24, 2.45) is 0 Å². The number of nitrogens with zero attached hydrogens (tertiary/aromatic N) is 2. The quantitative estimate of drug-likeness (QED) is 0.757. The van der Waals surface area contributed by atoms with Gasteiger partial charge in [0, 0.05) is 19.6 Å². The van der Waals surface area contributed by atoms with Crippen LogP contribution in [0.1, 0.15) is 11.1 Å². The van der Waals surface area contributed by atoms with E-state index in [0.29, 0.717) is 44.1 Å². The lowest BCUT2D eigenvalue weighted by Crippen LogP contribution is -2.41. The molecule has 1 aromatic heterocycles. The van der Waals surface area contributed by atoms with Crippen molar-refractivity contribution in [3.8, 4) is 0 Å². The molecule has 1 aliphatic heterocycles. The van der Waals surface area contributed by atoms with Crippen molar-refractivity contribution in [1.29, 1.82) is 0 Å². The number of ether oxygens (including phenoxy) is 1. The van der Waals surface area contributed by atoms with Crippen LogP contribution in [0.15, 0.2) is 35.3 Å². The predicted octanol–water partition coefficient (Wildman–Crippen LogP) is 1.20. The molecular formula is C16H19ClN4O4S. The Morgan fingerprint density at radius 2 is 1.92 bits per heavy atom. The molecule has 0 spiro atoms. The second-order valence-corrected chi connectivity index (χ2v) is 8.16. The fraction of sp³-hybridized carbons (Fsp3) is 0.375. The van der Waals surface area contributed by atoms with Crippen molar-refractivity contribution in [1.82, 2.24) is 14.5 Å². The first-order chi connectivity index (χ1) is 12.5. The molecule has 1 fully saturated rings. The van der Waals surface area contributed by atoms with Crippen molar-refractivity contribution in [2.75, 3.05) is 31.6 Å². The largest absolute Gasteiger partial charge is 0.379 e. The zero-order valence-electron chi connectivity index (χ0n) is 13.9. The maximum Gasteiger partial charge on any atom is 0.285 e. The van der Waals surface area contributed by atoms with Gasteiger partial charge in [-0.05, 0) is 11.1 Å². The molecular weight excluding hydrogens is 380 g/mol. The highest BCUT2D eigenvalue weighted by Crippen LogP contribution is 2.20. The fourth-order valence-electron chi connectivity index (χ4n) is 2.68. The van der Waals surface area contributed by atoms with Gasteiger partial charge in [-0.2, -0.15) is 9.40 Å². The van der Waals surface area contributed by atoms with Gasteiger partial charge in [0.25, 0.3) is 5.56 Å². The molecule has 0 radical (unpaired) electrons. The van der Waals surface area contributed by atoms with Gasteiger partial charge in [0.15, 0.2) is 0 Å². The lowest BCUT2D eigenvalue weighted by molar-refractivity contribution is 0.0729. The second kappa shape index (κ2) is 8.17. The number of sulfonamides is 1. The third-order valence-electron chi connectivity index (χ3n) is 4.08. The van der Waals surface area contributed by atoms with Crippen LogP contribution >= 0.6 is 11.6 Å². The molecule has 26 heavy (non-hydrogen) atoms. The molecule has 0 saturated carbocycles. The van der Waals surface area contributed by atoms with Crippen LogP contribution in [0.3, 0.4) is 0 Å². The van der Waals surface area contributed by atoms with Crippen LogP contribution in [-0.2, 0) is 27.1 Å². The monoisotopic (exact) mass is 398 g/mol. The van der Waals surface area contributed by atoms with E-state index >= 15 is 0 Å². The standard InChI is InChI=1S/C16H19ClN4O4S/c17-15-14(10-19-20-16(15)22)18-9-12-3-1-2-4-13(12)11-26(23,24)21-5-7-25-8-6-21/h1-4,10H,5-9,11H2,(H2,18,20,22). The molecule has 0 unspecified atom stereocenters. The van der Waals surface area contributed by atoms with Crippen molar-refractivity contribution < 1.29 is 13.2 Å². The predicted molar refractivity (Wildman–Crippen MR) is 98.7 cm³/mol. The van der Waals surface area contributed by atoms with Gasteiger partial charge in [-0.25, -0.2) is 13.5 Å². The SMILES string of the molecule is O=c1[nH]ncc(NCc2ccccc2CS(=O)(=O)N2CCOCC2)c1Cl. The first-order valence-corrected chi connectivity index (χ1v) is 10.1. The number of morpholine rings is 1. The van der Waals surface area contributed by atoms with E-state index in [1.165, 1.54) is 10.5 Å². The van der Waals surface area contributed by atoms with Crippen LogP contribution in [-0.4, -0.2) is 49.2 Å². The zero-order valence-corrected chi connectivity index (χ0v) is 15.5. The average Bonchev–Trinajstić information content (AvgIpc) is 2.64. The molecule has 10 heteroatoms. The number of hydrogen-bond acceptors (Lipinski definition) is 6. The highest BCUT2D eigenvalue weighted by molar-refractivity contribution is 7.88. The highest BCUT2D eigenvalue weighted by atomic mass is 35.5. The number of nitrogens with one attached hydrogen (secondary N) is 2. The minimum Gasteiger partial charge on any atom is -0.379 e.